The van der Waals surface area contributed by atoms with Crippen LogP contribution in [0.4, 0.5) is 0 Å². The highest BCUT2D eigenvalue weighted by Gasteiger charge is 1.32. The van der Waals surface area contributed by atoms with Gasteiger partial charge in [-0.1, -0.05) is 0 Å². The topological polar surface area (TPSA) is 93.0 Å². The normalized spacial score (nSPS) is 4.80. The smallest absolute Gasteiger partial charge is 0.308 e. The first-order valence-corrected chi connectivity index (χ1v) is 1.61. The molecule has 0 fully saturated rings. The van der Waals surface area contributed by atoms with Gasteiger partial charge in [-0.15, -0.1) is 0 Å². The van der Waals surface area contributed by atoms with E-state index in [0.29, 0.717) is 0 Å². The molecule has 5 heavy (non-hydrogen) atoms. The van der Waals surface area contributed by atoms with Gasteiger partial charge in [-0.3, -0.25) is 0 Å². The lowest BCUT2D eigenvalue weighted by Gasteiger charge is -1.18. The van der Waals surface area contributed by atoms with Gasteiger partial charge < -0.3 is 6.15 Å². The summed E-state index contributed by atoms with van der Waals surface area (Å²) >= 11 is 0. The summed E-state index contributed by atoms with van der Waals surface area (Å²) in [5.41, 5.74) is 0. The summed E-state index contributed by atoms with van der Waals surface area (Å²) in [5.74, 6) is 0. The molecule has 0 heterocycles. The molecule has 0 rings (SSSR count). The Morgan fingerprint density at radius 3 is 1.40 bits per heavy atom. The van der Waals surface area contributed by atoms with Crippen LogP contribution in [0.5, 0.6) is 0 Å². The largest absolute Gasteiger partial charge is 0.344 e. The summed E-state index contributed by atoms with van der Waals surface area (Å²) in [6, 6.07) is 0. The highest BCUT2D eigenvalue weighted by molar-refractivity contribution is 7.60. The molecule has 0 aliphatic carbocycles. The van der Waals surface area contributed by atoms with Gasteiger partial charge in [-0.25, -0.2) is 0 Å². The van der Waals surface area contributed by atoms with Gasteiger partial charge >= 0.3 is 10.5 Å². The van der Waals surface area contributed by atoms with Crippen LogP contribution in [0, 0.1) is 4.78 Å². The van der Waals surface area contributed by atoms with Crippen molar-refractivity contribution >= 4 is 10.5 Å². The van der Waals surface area contributed by atoms with E-state index in [1.54, 1.807) is 0 Å². The van der Waals surface area contributed by atoms with Crippen LogP contribution in [0.1, 0.15) is 0 Å². The SMILES string of the molecule is N.N=S(=O)=O. The van der Waals surface area contributed by atoms with Gasteiger partial charge in [0.05, 0.1) is 0 Å². The molecule has 0 aliphatic heterocycles. The molecule has 0 aliphatic rings. The first-order chi connectivity index (χ1) is 1.73. The summed E-state index contributed by atoms with van der Waals surface area (Å²) in [6.07, 6.45) is 0. The van der Waals surface area contributed by atoms with E-state index in [9.17, 15) is 0 Å². The minimum absolute atomic E-state index is 0. The van der Waals surface area contributed by atoms with Crippen LogP contribution in [0.15, 0.2) is 0 Å². The van der Waals surface area contributed by atoms with E-state index in [2.05, 4.69) is 0 Å². The zero-order valence-electron chi connectivity index (χ0n) is 2.43. The second kappa shape index (κ2) is 3.58. The molecule has 32 valence electrons. The average molecular weight is 96.1 g/mol. The van der Waals surface area contributed by atoms with E-state index in [-0.39, 0.29) is 6.15 Å². The number of nitrogens with one attached hydrogen (secondary N) is 1. The van der Waals surface area contributed by atoms with E-state index in [4.69, 9.17) is 13.2 Å². The maximum atomic E-state index is 8.67. The van der Waals surface area contributed by atoms with E-state index in [1.165, 1.54) is 0 Å². The fraction of sp³-hybridized carbons (Fsp3) is 0. The maximum absolute atomic E-state index is 8.67. The van der Waals surface area contributed by atoms with Crippen molar-refractivity contribution in [1.29, 1.82) is 4.78 Å². The Labute approximate surface area is 30.9 Å². The van der Waals surface area contributed by atoms with E-state index in [1.807, 2.05) is 0 Å². The standard InChI is InChI=1S/HNO2S.H3N/c1-4(2)3;/h1H;1H3. The Balaban J connectivity index is 0. The zero-order valence-corrected chi connectivity index (χ0v) is 3.25. The maximum Gasteiger partial charge on any atom is 0.308 e. The van der Waals surface area contributed by atoms with Crippen LogP contribution in [-0.4, -0.2) is 8.42 Å². The summed E-state index contributed by atoms with van der Waals surface area (Å²) in [4.78, 5) is 0. The highest BCUT2D eigenvalue weighted by Crippen LogP contribution is 1.15. The van der Waals surface area contributed by atoms with E-state index >= 15 is 0 Å². The molecule has 4 N–H and O–H groups in total. The van der Waals surface area contributed by atoms with Crippen molar-refractivity contribution in [3.8, 4) is 0 Å². The van der Waals surface area contributed by atoms with Crippen molar-refractivity contribution in [3.63, 3.8) is 0 Å². The Morgan fingerprint density at radius 2 is 1.40 bits per heavy atom. The highest BCUT2D eigenvalue weighted by atomic mass is 32.2. The third kappa shape index (κ3) is 50.7. The van der Waals surface area contributed by atoms with Crippen molar-refractivity contribution in [2.75, 3.05) is 0 Å². The lowest BCUT2D eigenvalue weighted by molar-refractivity contribution is 0.620. The minimum Gasteiger partial charge on any atom is -0.344 e. The van der Waals surface area contributed by atoms with Crippen molar-refractivity contribution in [1.82, 2.24) is 6.15 Å². The van der Waals surface area contributed by atoms with E-state index in [0.717, 1.165) is 0 Å². The molecule has 0 radical (unpaired) electrons. The number of rotatable bonds is 0. The van der Waals surface area contributed by atoms with Crippen LogP contribution in [-0.2, 0) is 10.5 Å². The summed E-state index contributed by atoms with van der Waals surface area (Å²) in [7, 11) is -2.61. The second-order valence-corrected chi connectivity index (χ2v) is 0.704. The van der Waals surface area contributed by atoms with Gasteiger partial charge in [0.1, 0.15) is 0 Å². The van der Waals surface area contributed by atoms with Crippen molar-refractivity contribution in [2.24, 2.45) is 0 Å². The zero-order chi connectivity index (χ0) is 3.58. The fourth-order valence-corrected chi connectivity index (χ4v) is 0. The fourth-order valence-electron chi connectivity index (χ4n) is 0. The molecule has 0 saturated carbocycles. The molecule has 0 aromatic heterocycles. The number of hydrogen-bond acceptors (Lipinski definition) is 4. The molecule has 0 spiro atoms. The molecular formula is H4N2O2S. The molecule has 0 aromatic rings. The summed E-state index contributed by atoms with van der Waals surface area (Å²) < 4.78 is 22.8. The first-order valence-electron chi connectivity index (χ1n) is 0.537. The summed E-state index contributed by atoms with van der Waals surface area (Å²) in [6.45, 7) is 0. The van der Waals surface area contributed by atoms with Gasteiger partial charge in [0, 0.05) is 0 Å². The molecule has 0 atom stereocenters. The molecule has 0 amide bonds. The predicted octanol–water partition coefficient (Wildman–Crippen LogP) is -0.210. The Bertz CT molecular complexity index is 77.0. The Kier molecular flexibility index (Phi) is 6.31. The first kappa shape index (κ1) is 8.82. The molecular weight excluding hydrogens is 92.1 g/mol. The predicted molar refractivity (Wildman–Crippen MR) is 16.7 cm³/mol. The molecule has 0 aromatic carbocycles. The van der Waals surface area contributed by atoms with Crippen molar-refractivity contribution < 1.29 is 8.42 Å². The molecule has 0 bridgehead atoms. The van der Waals surface area contributed by atoms with Gasteiger partial charge in [-0.2, -0.15) is 13.2 Å². The summed E-state index contributed by atoms with van der Waals surface area (Å²) in [5, 5.41) is 0. The molecule has 0 saturated heterocycles. The average Bonchev–Trinajstić information content (AvgIpc) is 0.811. The van der Waals surface area contributed by atoms with Crippen LogP contribution in [0.2, 0.25) is 0 Å². The second-order valence-electron chi connectivity index (χ2n) is 0.235. The van der Waals surface area contributed by atoms with Gasteiger partial charge in [0.25, 0.3) is 0 Å². The quantitative estimate of drug-likeness (QED) is 0.437. The van der Waals surface area contributed by atoms with Gasteiger partial charge in [-0.05, 0) is 0 Å². The van der Waals surface area contributed by atoms with Gasteiger partial charge in [0.15, 0.2) is 0 Å². The Morgan fingerprint density at radius 1 is 1.40 bits per heavy atom. The van der Waals surface area contributed by atoms with E-state index < -0.39 is 10.5 Å². The monoisotopic (exact) mass is 96.0 g/mol. The third-order valence-corrected chi connectivity index (χ3v) is 0. The van der Waals surface area contributed by atoms with Crippen LogP contribution in [0.3, 0.4) is 0 Å². The number of hydrogen-bond donors (Lipinski definition) is 2. The Hall–Kier alpha value is -0.420. The van der Waals surface area contributed by atoms with Crippen LogP contribution in [0.25, 0.3) is 0 Å². The minimum atomic E-state index is -2.61. The third-order valence-electron chi connectivity index (χ3n) is 0. The molecule has 0 unspecified atom stereocenters. The van der Waals surface area contributed by atoms with Crippen molar-refractivity contribution in [2.45, 2.75) is 0 Å². The molecule has 5 heteroatoms. The molecule has 4 nitrogen and oxygen atoms in total. The van der Waals surface area contributed by atoms with Crippen LogP contribution < -0.4 is 6.15 Å². The van der Waals surface area contributed by atoms with Gasteiger partial charge in [0.2, 0.25) is 0 Å². The lowest BCUT2D eigenvalue weighted by Crippen LogP contribution is -1.34. The van der Waals surface area contributed by atoms with Crippen molar-refractivity contribution in [3.05, 3.63) is 0 Å². The van der Waals surface area contributed by atoms with Crippen LogP contribution >= 0.6 is 0 Å². The lowest BCUT2D eigenvalue weighted by atomic mass is 14.0.